The molecule has 0 aliphatic heterocycles. The van der Waals surface area contributed by atoms with Crippen molar-refractivity contribution in [2.24, 2.45) is 7.05 Å². The first kappa shape index (κ1) is 18.6. The number of nitrogens with one attached hydrogen (secondary N) is 1. The lowest BCUT2D eigenvalue weighted by Crippen LogP contribution is -2.07. The Morgan fingerprint density at radius 3 is 2.73 bits per heavy atom. The molecule has 0 bridgehead atoms. The second-order valence-corrected chi connectivity index (χ2v) is 8.14. The summed E-state index contributed by atoms with van der Waals surface area (Å²) in [7, 11) is 2.01. The Balaban J connectivity index is 1.47. The summed E-state index contributed by atoms with van der Waals surface area (Å²) >= 11 is 0. The molecule has 1 N–H and O–H groups in total. The van der Waals surface area contributed by atoms with Gasteiger partial charge in [-0.1, -0.05) is 42.0 Å². The van der Waals surface area contributed by atoms with Gasteiger partial charge >= 0.3 is 0 Å². The van der Waals surface area contributed by atoms with Crippen LogP contribution in [0.1, 0.15) is 34.3 Å². The van der Waals surface area contributed by atoms with E-state index in [0.717, 1.165) is 39.1 Å². The number of carbonyl (C=O) groups excluding carboxylic acids is 1. The summed E-state index contributed by atoms with van der Waals surface area (Å²) in [6.07, 6.45) is 4.74. The monoisotopic (exact) mass is 396 g/mol. The Bertz CT molecular complexity index is 1250. The Hall–Kier alpha value is -3.47. The van der Waals surface area contributed by atoms with Crippen LogP contribution in [0.25, 0.3) is 22.4 Å². The van der Waals surface area contributed by atoms with E-state index in [-0.39, 0.29) is 5.78 Å². The van der Waals surface area contributed by atoms with E-state index in [1.165, 1.54) is 12.8 Å². The summed E-state index contributed by atoms with van der Waals surface area (Å²) in [5.41, 5.74) is 5.68. The van der Waals surface area contributed by atoms with Crippen LogP contribution in [0, 0.1) is 6.92 Å². The van der Waals surface area contributed by atoms with Crippen LogP contribution >= 0.6 is 0 Å². The maximum Gasteiger partial charge on any atom is 0.167 e. The lowest BCUT2D eigenvalue weighted by Gasteiger charge is -2.10. The van der Waals surface area contributed by atoms with E-state index in [2.05, 4.69) is 9.88 Å². The predicted octanol–water partition coefficient (Wildman–Crippen LogP) is 4.94. The minimum Gasteiger partial charge on any atom is -0.365 e. The van der Waals surface area contributed by atoms with Gasteiger partial charge in [0.2, 0.25) is 0 Å². The van der Waals surface area contributed by atoms with Gasteiger partial charge in [-0.2, -0.15) is 0 Å². The number of carbonyl (C=O) groups is 1. The van der Waals surface area contributed by atoms with Crippen molar-refractivity contribution in [2.75, 3.05) is 5.32 Å². The second-order valence-electron chi connectivity index (χ2n) is 8.14. The minimum atomic E-state index is 0.117. The van der Waals surface area contributed by atoms with Crippen molar-refractivity contribution in [2.45, 2.75) is 32.2 Å². The molecule has 5 heteroatoms. The zero-order valence-electron chi connectivity index (χ0n) is 17.2. The number of hydrogen-bond acceptors (Lipinski definition) is 4. The smallest absolute Gasteiger partial charge is 0.167 e. The van der Waals surface area contributed by atoms with Gasteiger partial charge in [-0.3, -0.25) is 4.79 Å². The van der Waals surface area contributed by atoms with Crippen LogP contribution < -0.4 is 5.32 Å². The van der Waals surface area contributed by atoms with E-state index in [4.69, 9.17) is 9.97 Å². The third kappa shape index (κ3) is 3.71. The summed E-state index contributed by atoms with van der Waals surface area (Å²) in [4.78, 5) is 22.4. The summed E-state index contributed by atoms with van der Waals surface area (Å²) < 4.78 is 2.06. The first-order valence-corrected chi connectivity index (χ1v) is 10.4. The zero-order valence-corrected chi connectivity index (χ0v) is 17.2. The fraction of sp³-hybridized carbons (Fsp3) is 0.240. The van der Waals surface area contributed by atoms with Gasteiger partial charge in [0.05, 0.1) is 5.52 Å². The van der Waals surface area contributed by atoms with Gasteiger partial charge in [-0.25, -0.2) is 9.97 Å². The van der Waals surface area contributed by atoms with Gasteiger partial charge in [0.15, 0.2) is 17.4 Å². The van der Waals surface area contributed by atoms with Crippen LogP contribution in [-0.2, 0) is 13.5 Å². The molecule has 150 valence electrons. The van der Waals surface area contributed by atoms with Crippen LogP contribution in [0.15, 0.2) is 60.8 Å². The van der Waals surface area contributed by atoms with Gasteiger partial charge in [0, 0.05) is 36.8 Å². The lowest BCUT2D eigenvalue weighted by atomic mass is 10.00. The molecule has 0 unspecified atom stereocenters. The maximum atomic E-state index is 12.7. The molecule has 0 atom stereocenters. The second kappa shape index (κ2) is 7.41. The molecule has 5 rings (SSSR count). The van der Waals surface area contributed by atoms with Crippen molar-refractivity contribution >= 4 is 22.6 Å². The van der Waals surface area contributed by atoms with Crippen LogP contribution in [0.5, 0.6) is 0 Å². The molecule has 30 heavy (non-hydrogen) atoms. The fourth-order valence-electron chi connectivity index (χ4n) is 3.77. The van der Waals surface area contributed by atoms with Crippen molar-refractivity contribution in [3.05, 3.63) is 77.5 Å². The third-order valence-electron chi connectivity index (χ3n) is 5.53. The molecule has 5 nitrogen and oxygen atoms in total. The van der Waals surface area contributed by atoms with Gasteiger partial charge < -0.3 is 9.88 Å². The first-order valence-electron chi connectivity index (χ1n) is 10.4. The topological polar surface area (TPSA) is 59.8 Å². The fourth-order valence-corrected chi connectivity index (χ4v) is 3.77. The third-order valence-corrected chi connectivity index (χ3v) is 5.53. The number of hydrogen-bond donors (Lipinski definition) is 1. The molecule has 0 amide bonds. The molecule has 1 aliphatic carbocycles. The number of nitrogens with zero attached hydrogens (tertiary/aromatic N) is 3. The van der Waals surface area contributed by atoms with E-state index in [1.807, 2.05) is 74.8 Å². The average molecular weight is 396 g/mol. The van der Waals surface area contributed by atoms with E-state index in [0.29, 0.717) is 18.3 Å². The highest BCUT2D eigenvalue weighted by atomic mass is 16.1. The molecule has 2 heterocycles. The van der Waals surface area contributed by atoms with E-state index < -0.39 is 0 Å². The molecule has 0 spiro atoms. The molecule has 1 aliphatic rings. The van der Waals surface area contributed by atoms with Crippen molar-refractivity contribution in [3.8, 4) is 11.4 Å². The van der Waals surface area contributed by atoms with Crippen molar-refractivity contribution in [1.82, 2.24) is 14.5 Å². The van der Waals surface area contributed by atoms with Crippen molar-refractivity contribution < 1.29 is 4.79 Å². The molecule has 0 saturated heterocycles. The average Bonchev–Trinajstić information content (AvgIpc) is 3.48. The number of anilines is 1. The predicted molar refractivity (Wildman–Crippen MR) is 120 cm³/mol. The number of benzene rings is 2. The number of Topliss-reactive ketones (excluding diaryl/α,β-unsaturated/α-hetero) is 1. The van der Waals surface area contributed by atoms with Crippen LogP contribution in [0.3, 0.4) is 0 Å². The number of fused-ring (bicyclic) bond motifs is 1. The highest BCUT2D eigenvalue weighted by Gasteiger charge is 2.24. The Morgan fingerprint density at radius 2 is 1.93 bits per heavy atom. The quantitative estimate of drug-likeness (QED) is 0.469. The Morgan fingerprint density at radius 1 is 1.10 bits per heavy atom. The summed E-state index contributed by atoms with van der Waals surface area (Å²) in [6.45, 7) is 2.00. The van der Waals surface area contributed by atoms with Crippen LogP contribution in [-0.4, -0.2) is 26.4 Å². The van der Waals surface area contributed by atoms with Gasteiger partial charge in [0.25, 0.3) is 0 Å². The Labute approximate surface area is 175 Å². The largest absolute Gasteiger partial charge is 0.365 e. The normalized spacial score (nSPS) is 13.5. The van der Waals surface area contributed by atoms with Crippen molar-refractivity contribution in [3.63, 3.8) is 0 Å². The molecular weight excluding hydrogens is 372 g/mol. The molecule has 1 fully saturated rings. The summed E-state index contributed by atoms with van der Waals surface area (Å²) in [5, 5.41) is 3.54. The van der Waals surface area contributed by atoms with E-state index in [9.17, 15) is 4.79 Å². The molecular formula is C25H24N4O. The zero-order chi connectivity index (χ0) is 20.7. The molecule has 4 aromatic rings. The standard InChI is InChI=1S/C25H24N4O/c1-16-5-3-7-18(13-16)22(30)15-17-6-4-8-19(14-17)24-27-21-11-12-29(2)23(21)25(28-24)26-20-9-10-20/h3-8,11-14,20H,9-10,15H2,1-2H3,(H,26,27,28). The number of rotatable bonds is 6. The Kier molecular flexibility index (Phi) is 4.58. The number of aromatic nitrogens is 3. The first-order chi connectivity index (χ1) is 14.6. The minimum absolute atomic E-state index is 0.117. The lowest BCUT2D eigenvalue weighted by molar-refractivity contribution is 0.0993. The van der Waals surface area contributed by atoms with Gasteiger partial charge in [-0.15, -0.1) is 0 Å². The highest BCUT2D eigenvalue weighted by Crippen LogP contribution is 2.30. The summed E-state index contributed by atoms with van der Waals surface area (Å²) in [6, 6.07) is 18.3. The van der Waals surface area contributed by atoms with Crippen LogP contribution in [0.2, 0.25) is 0 Å². The molecule has 1 saturated carbocycles. The number of ketones is 1. The van der Waals surface area contributed by atoms with Crippen molar-refractivity contribution in [1.29, 1.82) is 0 Å². The van der Waals surface area contributed by atoms with Crippen LogP contribution in [0.4, 0.5) is 5.82 Å². The van der Waals surface area contributed by atoms with Gasteiger partial charge in [0.1, 0.15) is 5.52 Å². The summed E-state index contributed by atoms with van der Waals surface area (Å²) in [5.74, 6) is 1.68. The number of aryl methyl sites for hydroxylation is 2. The molecule has 0 radical (unpaired) electrons. The maximum absolute atomic E-state index is 12.7. The van der Waals surface area contributed by atoms with E-state index in [1.54, 1.807) is 0 Å². The SMILES string of the molecule is Cc1cccc(C(=O)Cc2cccc(-c3nc(NC4CC4)c4c(ccn4C)n3)c2)c1. The highest BCUT2D eigenvalue weighted by molar-refractivity contribution is 5.97. The molecule has 2 aromatic carbocycles. The molecule has 2 aromatic heterocycles. The van der Waals surface area contributed by atoms with E-state index >= 15 is 0 Å². The van der Waals surface area contributed by atoms with Gasteiger partial charge in [-0.05, 0) is 43.5 Å².